The Hall–Kier alpha value is -0.450. The Morgan fingerprint density at radius 3 is 2.76 bits per heavy atom. The molecule has 1 saturated carbocycles. The maximum absolute atomic E-state index is 13.0. The molecule has 1 aliphatic rings. The first-order chi connectivity index (χ1) is 8.05. The first-order valence-electron chi connectivity index (χ1n) is 5.70. The van der Waals surface area contributed by atoms with Crippen molar-refractivity contribution in [3.63, 3.8) is 0 Å². The van der Waals surface area contributed by atoms with Gasteiger partial charge < -0.3 is 9.84 Å². The lowest BCUT2D eigenvalue weighted by Crippen LogP contribution is -2.39. The Labute approximate surface area is 109 Å². The van der Waals surface area contributed by atoms with Gasteiger partial charge in [-0.25, -0.2) is 4.39 Å². The third-order valence-corrected chi connectivity index (χ3v) is 3.98. The molecule has 0 aromatic heterocycles. The molecule has 1 fully saturated rings. The first kappa shape index (κ1) is 13.0. The summed E-state index contributed by atoms with van der Waals surface area (Å²) >= 11 is 3.33. The molecule has 0 heterocycles. The topological polar surface area (TPSA) is 29.5 Å². The van der Waals surface area contributed by atoms with Crippen LogP contribution in [0, 0.1) is 11.7 Å². The number of ether oxygens (including phenoxy) is 1. The number of methoxy groups -OCH3 is 1. The standard InChI is InChI=1S/C13H16BrFO2/c1-17-8-13(16,10-3-4-10)7-9-2-5-11(15)6-12(9)14/h2,5-6,10,16H,3-4,7-8H2,1H3. The van der Waals surface area contributed by atoms with Crippen LogP contribution in [-0.2, 0) is 11.2 Å². The highest BCUT2D eigenvalue weighted by molar-refractivity contribution is 9.10. The molecule has 17 heavy (non-hydrogen) atoms. The van der Waals surface area contributed by atoms with Crippen molar-refractivity contribution in [2.45, 2.75) is 24.9 Å². The molecular weight excluding hydrogens is 287 g/mol. The Morgan fingerprint density at radius 1 is 1.53 bits per heavy atom. The van der Waals surface area contributed by atoms with Crippen molar-refractivity contribution in [1.82, 2.24) is 0 Å². The molecule has 2 rings (SSSR count). The fourth-order valence-electron chi connectivity index (χ4n) is 2.18. The molecule has 2 nitrogen and oxygen atoms in total. The maximum atomic E-state index is 13.0. The van der Waals surface area contributed by atoms with Crippen LogP contribution in [0.2, 0.25) is 0 Å². The van der Waals surface area contributed by atoms with E-state index in [0.717, 1.165) is 18.4 Å². The van der Waals surface area contributed by atoms with E-state index in [-0.39, 0.29) is 5.82 Å². The summed E-state index contributed by atoms with van der Waals surface area (Å²) in [5.74, 6) is 0.0294. The predicted molar refractivity (Wildman–Crippen MR) is 67.4 cm³/mol. The van der Waals surface area contributed by atoms with Crippen molar-refractivity contribution in [3.8, 4) is 0 Å². The molecule has 1 aromatic carbocycles. The maximum Gasteiger partial charge on any atom is 0.124 e. The summed E-state index contributed by atoms with van der Waals surface area (Å²) < 4.78 is 18.8. The summed E-state index contributed by atoms with van der Waals surface area (Å²) in [6.07, 6.45) is 2.57. The van der Waals surface area contributed by atoms with Gasteiger partial charge in [-0.2, -0.15) is 0 Å². The summed E-state index contributed by atoms with van der Waals surface area (Å²) in [5.41, 5.74) is 0.0904. The summed E-state index contributed by atoms with van der Waals surface area (Å²) in [6.45, 7) is 0.321. The molecule has 0 radical (unpaired) electrons. The summed E-state index contributed by atoms with van der Waals surface area (Å²) in [6, 6.07) is 4.55. The minimum atomic E-state index is -0.824. The lowest BCUT2D eigenvalue weighted by Gasteiger charge is -2.28. The van der Waals surface area contributed by atoms with E-state index in [1.807, 2.05) is 0 Å². The van der Waals surface area contributed by atoms with Crippen LogP contribution in [0.25, 0.3) is 0 Å². The smallest absolute Gasteiger partial charge is 0.124 e. The molecule has 1 atom stereocenters. The van der Waals surface area contributed by atoms with Crippen LogP contribution in [-0.4, -0.2) is 24.4 Å². The first-order valence-corrected chi connectivity index (χ1v) is 6.50. The van der Waals surface area contributed by atoms with E-state index in [1.54, 1.807) is 13.2 Å². The quantitative estimate of drug-likeness (QED) is 0.906. The van der Waals surface area contributed by atoms with Gasteiger partial charge in [0.2, 0.25) is 0 Å². The van der Waals surface area contributed by atoms with Gasteiger partial charge in [-0.1, -0.05) is 22.0 Å². The Bertz CT molecular complexity index is 406. The number of hydrogen-bond acceptors (Lipinski definition) is 2. The summed E-state index contributed by atoms with van der Waals surface area (Å²) in [7, 11) is 1.59. The zero-order valence-corrected chi connectivity index (χ0v) is 11.3. The van der Waals surface area contributed by atoms with Crippen molar-refractivity contribution in [2.75, 3.05) is 13.7 Å². The fraction of sp³-hybridized carbons (Fsp3) is 0.538. The van der Waals surface area contributed by atoms with E-state index < -0.39 is 5.60 Å². The zero-order valence-electron chi connectivity index (χ0n) is 9.75. The van der Waals surface area contributed by atoms with Gasteiger partial charge in [-0.15, -0.1) is 0 Å². The third-order valence-electron chi connectivity index (χ3n) is 3.24. The summed E-state index contributed by atoms with van der Waals surface area (Å²) in [4.78, 5) is 0. The Balaban J connectivity index is 2.17. The SMILES string of the molecule is COCC(O)(Cc1ccc(F)cc1Br)C1CC1. The molecule has 1 aliphatic carbocycles. The lowest BCUT2D eigenvalue weighted by atomic mass is 9.90. The predicted octanol–water partition coefficient (Wildman–Crippen LogP) is 2.92. The number of benzene rings is 1. The van der Waals surface area contributed by atoms with E-state index in [4.69, 9.17) is 4.74 Å². The normalized spacial score (nSPS) is 19.1. The molecule has 0 bridgehead atoms. The molecule has 94 valence electrons. The molecule has 4 heteroatoms. The molecule has 0 spiro atoms. The zero-order chi connectivity index (χ0) is 12.5. The van der Waals surface area contributed by atoms with Crippen molar-refractivity contribution in [1.29, 1.82) is 0 Å². The number of halogens is 2. The molecule has 0 aliphatic heterocycles. The van der Waals surface area contributed by atoms with Gasteiger partial charge in [-0.3, -0.25) is 0 Å². The molecule has 0 saturated heterocycles. The highest BCUT2D eigenvalue weighted by atomic mass is 79.9. The summed E-state index contributed by atoms with van der Waals surface area (Å²) in [5, 5.41) is 10.6. The average Bonchev–Trinajstić information content (AvgIpc) is 3.06. The van der Waals surface area contributed by atoms with E-state index in [0.29, 0.717) is 23.4 Å². The number of rotatable bonds is 5. The van der Waals surface area contributed by atoms with Gasteiger partial charge >= 0.3 is 0 Å². The van der Waals surface area contributed by atoms with E-state index in [2.05, 4.69) is 15.9 Å². The van der Waals surface area contributed by atoms with Gasteiger partial charge in [-0.05, 0) is 36.5 Å². The molecule has 1 N–H and O–H groups in total. The van der Waals surface area contributed by atoms with Crippen molar-refractivity contribution in [3.05, 3.63) is 34.1 Å². The van der Waals surface area contributed by atoms with Gasteiger partial charge in [0.25, 0.3) is 0 Å². The van der Waals surface area contributed by atoms with Gasteiger partial charge in [0, 0.05) is 18.0 Å². The molecule has 0 amide bonds. The third kappa shape index (κ3) is 3.06. The molecular formula is C13H16BrFO2. The van der Waals surface area contributed by atoms with Gasteiger partial charge in [0.05, 0.1) is 12.2 Å². The number of hydrogen-bond donors (Lipinski definition) is 1. The molecule has 1 unspecified atom stereocenters. The van der Waals surface area contributed by atoms with Crippen LogP contribution in [0.3, 0.4) is 0 Å². The second kappa shape index (κ2) is 5.04. The van der Waals surface area contributed by atoms with Gasteiger partial charge in [0.15, 0.2) is 0 Å². The largest absolute Gasteiger partial charge is 0.387 e. The van der Waals surface area contributed by atoms with Crippen molar-refractivity contribution < 1.29 is 14.2 Å². The minimum absolute atomic E-state index is 0.276. The Kier molecular flexibility index (Phi) is 3.85. The lowest BCUT2D eigenvalue weighted by molar-refractivity contribution is -0.0475. The van der Waals surface area contributed by atoms with E-state index >= 15 is 0 Å². The number of aliphatic hydroxyl groups is 1. The van der Waals surface area contributed by atoms with Crippen LogP contribution < -0.4 is 0 Å². The van der Waals surface area contributed by atoms with Crippen LogP contribution in [0.15, 0.2) is 22.7 Å². The van der Waals surface area contributed by atoms with E-state index in [9.17, 15) is 9.50 Å². The van der Waals surface area contributed by atoms with Crippen LogP contribution in [0.1, 0.15) is 18.4 Å². The van der Waals surface area contributed by atoms with Crippen molar-refractivity contribution in [2.24, 2.45) is 5.92 Å². The fourth-order valence-corrected chi connectivity index (χ4v) is 2.67. The average molecular weight is 303 g/mol. The highest BCUT2D eigenvalue weighted by Gasteiger charge is 2.44. The van der Waals surface area contributed by atoms with Crippen molar-refractivity contribution >= 4 is 15.9 Å². The minimum Gasteiger partial charge on any atom is -0.387 e. The highest BCUT2D eigenvalue weighted by Crippen LogP contribution is 2.42. The monoisotopic (exact) mass is 302 g/mol. The second-order valence-electron chi connectivity index (χ2n) is 4.72. The van der Waals surface area contributed by atoms with Crippen LogP contribution in [0.5, 0.6) is 0 Å². The molecule has 1 aromatic rings. The Morgan fingerprint density at radius 2 is 2.24 bits per heavy atom. The second-order valence-corrected chi connectivity index (χ2v) is 5.58. The van der Waals surface area contributed by atoms with Gasteiger partial charge in [0.1, 0.15) is 5.82 Å². The van der Waals surface area contributed by atoms with Crippen LogP contribution in [0.4, 0.5) is 4.39 Å². The van der Waals surface area contributed by atoms with E-state index in [1.165, 1.54) is 12.1 Å². The van der Waals surface area contributed by atoms with Crippen LogP contribution >= 0.6 is 15.9 Å².